The summed E-state index contributed by atoms with van der Waals surface area (Å²) in [6.07, 6.45) is 0.958. The van der Waals surface area contributed by atoms with Crippen LogP contribution in [0.5, 0.6) is 0 Å². The maximum atomic E-state index is 11.6. The Hall–Kier alpha value is -1.83. The van der Waals surface area contributed by atoms with Gasteiger partial charge in [-0.1, -0.05) is 0 Å². The summed E-state index contributed by atoms with van der Waals surface area (Å²) in [5.41, 5.74) is -0.127. The molecule has 0 bridgehead atoms. The van der Waals surface area contributed by atoms with Crippen molar-refractivity contribution in [2.45, 2.75) is 12.7 Å². The predicted molar refractivity (Wildman–Crippen MR) is 61.8 cm³/mol. The molecule has 0 aromatic carbocycles. The van der Waals surface area contributed by atoms with E-state index in [1.54, 1.807) is 6.92 Å². The van der Waals surface area contributed by atoms with Crippen molar-refractivity contribution < 1.29 is 27.5 Å². The van der Waals surface area contributed by atoms with Crippen molar-refractivity contribution >= 4 is 21.7 Å². The predicted octanol–water partition coefficient (Wildman–Crippen LogP) is 0.0287. The molecule has 1 amide bonds. The number of rotatable bonds is 6. The molecule has 18 heavy (non-hydrogen) atoms. The SMILES string of the molecule is CCNC(=O)CS(=O)(=O)Cc1cc(C(=O)O)co1. The third-order valence-corrected chi connectivity index (χ3v) is 3.41. The Kier molecular flexibility index (Phi) is 4.49. The van der Waals surface area contributed by atoms with Gasteiger partial charge >= 0.3 is 5.97 Å². The summed E-state index contributed by atoms with van der Waals surface area (Å²) in [5, 5.41) is 11.0. The van der Waals surface area contributed by atoms with Gasteiger partial charge in [0.05, 0.1) is 5.56 Å². The molecular formula is C10H13NO6S. The third-order valence-electron chi connectivity index (χ3n) is 1.99. The fraction of sp³-hybridized carbons (Fsp3) is 0.400. The molecule has 1 aromatic heterocycles. The van der Waals surface area contributed by atoms with Crippen LogP contribution in [0.3, 0.4) is 0 Å². The van der Waals surface area contributed by atoms with Gasteiger partial charge in [-0.05, 0) is 13.0 Å². The van der Waals surface area contributed by atoms with Gasteiger partial charge in [0, 0.05) is 6.54 Å². The number of aromatic carboxylic acids is 1. The lowest BCUT2D eigenvalue weighted by Gasteiger charge is -2.02. The van der Waals surface area contributed by atoms with E-state index in [9.17, 15) is 18.0 Å². The fourth-order valence-corrected chi connectivity index (χ4v) is 2.47. The summed E-state index contributed by atoms with van der Waals surface area (Å²) < 4.78 is 28.0. The van der Waals surface area contributed by atoms with E-state index in [2.05, 4.69) is 5.32 Å². The Morgan fingerprint density at radius 2 is 2.11 bits per heavy atom. The van der Waals surface area contributed by atoms with Gasteiger partial charge in [-0.3, -0.25) is 4.79 Å². The van der Waals surface area contributed by atoms with Crippen LogP contribution in [0.25, 0.3) is 0 Å². The highest BCUT2D eigenvalue weighted by Crippen LogP contribution is 2.11. The smallest absolute Gasteiger partial charge is 0.338 e. The minimum Gasteiger partial charge on any atom is -0.478 e. The maximum Gasteiger partial charge on any atom is 0.338 e. The average Bonchev–Trinajstić information content (AvgIpc) is 2.64. The van der Waals surface area contributed by atoms with Gasteiger partial charge in [-0.15, -0.1) is 0 Å². The standard InChI is InChI=1S/C10H13NO6S/c1-2-11-9(12)6-18(15,16)5-8-3-7(4-17-8)10(13)14/h3-4H,2,5-6H2,1H3,(H,11,12)(H,13,14). The molecule has 0 fully saturated rings. The molecule has 7 nitrogen and oxygen atoms in total. The number of carbonyl (C=O) groups is 2. The van der Waals surface area contributed by atoms with E-state index in [-0.39, 0.29) is 11.3 Å². The molecule has 0 aliphatic carbocycles. The first-order valence-electron chi connectivity index (χ1n) is 5.12. The van der Waals surface area contributed by atoms with Gasteiger partial charge < -0.3 is 14.8 Å². The molecule has 0 saturated heterocycles. The number of sulfone groups is 1. The molecule has 0 saturated carbocycles. The molecule has 2 N–H and O–H groups in total. The fourth-order valence-electron chi connectivity index (χ4n) is 1.28. The Balaban J connectivity index is 2.70. The van der Waals surface area contributed by atoms with Crippen molar-refractivity contribution in [2.24, 2.45) is 0 Å². The van der Waals surface area contributed by atoms with Crippen LogP contribution in [0.4, 0.5) is 0 Å². The molecule has 0 aliphatic heterocycles. The molecular weight excluding hydrogens is 262 g/mol. The molecule has 0 spiro atoms. The van der Waals surface area contributed by atoms with Crippen LogP contribution in [0.1, 0.15) is 23.0 Å². The highest BCUT2D eigenvalue weighted by atomic mass is 32.2. The van der Waals surface area contributed by atoms with Crippen molar-refractivity contribution in [3.63, 3.8) is 0 Å². The molecule has 100 valence electrons. The number of amides is 1. The van der Waals surface area contributed by atoms with Crippen LogP contribution in [0.15, 0.2) is 16.7 Å². The number of hydrogen-bond donors (Lipinski definition) is 2. The van der Waals surface area contributed by atoms with E-state index >= 15 is 0 Å². The normalized spacial score (nSPS) is 11.2. The van der Waals surface area contributed by atoms with E-state index in [0.29, 0.717) is 6.54 Å². The monoisotopic (exact) mass is 275 g/mol. The molecule has 0 radical (unpaired) electrons. The lowest BCUT2D eigenvalue weighted by Crippen LogP contribution is -2.30. The number of nitrogens with one attached hydrogen (secondary N) is 1. The molecule has 1 heterocycles. The zero-order chi connectivity index (χ0) is 13.8. The average molecular weight is 275 g/mol. The molecule has 1 aromatic rings. The first-order chi connectivity index (χ1) is 8.34. The zero-order valence-electron chi connectivity index (χ0n) is 9.67. The van der Waals surface area contributed by atoms with Crippen LogP contribution < -0.4 is 5.32 Å². The number of hydrogen-bond acceptors (Lipinski definition) is 5. The van der Waals surface area contributed by atoms with Gasteiger partial charge in [0.15, 0.2) is 9.84 Å². The van der Waals surface area contributed by atoms with Gasteiger partial charge in [0.25, 0.3) is 0 Å². The number of carbonyl (C=O) groups excluding carboxylic acids is 1. The quantitative estimate of drug-likeness (QED) is 0.757. The zero-order valence-corrected chi connectivity index (χ0v) is 10.5. The first kappa shape index (κ1) is 14.2. The first-order valence-corrected chi connectivity index (χ1v) is 6.94. The Morgan fingerprint density at radius 1 is 1.44 bits per heavy atom. The van der Waals surface area contributed by atoms with E-state index in [1.165, 1.54) is 0 Å². The van der Waals surface area contributed by atoms with Crippen molar-refractivity contribution in [3.05, 3.63) is 23.7 Å². The van der Waals surface area contributed by atoms with Crippen LogP contribution in [0.2, 0.25) is 0 Å². The van der Waals surface area contributed by atoms with Gasteiger partial charge in [0.2, 0.25) is 5.91 Å². The summed E-state index contributed by atoms with van der Waals surface area (Å²) in [4.78, 5) is 21.7. The summed E-state index contributed by atoms with van der Waals surface area (Å²) in [6, 6.07) is 1.12. The number of furan rings is 1. The summed E-state index contributed by atoms with van der Waals surface area (Å²) in [7, 11) is -3.67. The Labute approximate surface area is 104 Å². The number of carboxylic acids is 1. The topological polar surface area (TPSA) is 114 Å². The largest absolute Gasteiger partial charge is 0.478 e. The highest BCUT2D eigenvalue weighted by molar-refractivity contribution is 7.91. The van der Waals surface area contributed by atoms with Crippen molar-refractivity contribution in [3.8, 4) is 0 Å². The van der Waals surface area contributed by atoms with Crippen molar-refractivity contribution in [1.29, 1.82) is 0 Å². The minimum atomic E-state index is -3.67. The van der Waals surface area contributed by atoms with E-state index in [1.807, 2.05) is 0 Å². The molecule has 8 heteroatoms. The summed E-state index contributed by atoms with van der Waals surface area (Å²) >= 11 is 0. The molecule has 1 rings (SSSR count). The van der Waals surface area contributed by atoms with Crippen LogP contribution in [0, 0.1) is 0 Å². The second-order valence-electron chi connectivity index (χ2n) is 3.59. The maximum absolute atomic E-state index is 11.6. The van der Waals surface area contributed by atoms with Gasteiger partial charge in [0.1, 0.15) is 23.5 Å². The van der Waals surface area contributed by atoms with Gasteiger partial charge in [-0.2, -0.15) is 0 Å². The Bertz CT molecular complexity index is 544. The number of carboxylic acid groups (broad SMARTS) is 1. The van der Waals surface area contributed by atoms with E-state index in [4.69, 9.17) is 9.52 Å². The lowest BCUT2D eigenvalue weighted by atomic mass is 10.3. The molecule has 0 aliphatic rings. The van der Waals surface area contributed by atoms with Gasteiger partial charge in [-0.25, -0.2) is 13.2 Å². The molecule has 0 atom stereocenters. The summed E-state index contributed by atoms with van der Waals surface area (Å²) in [6.45, 7) is 2.02. The van der Waals surface area contributed by atoms with Crippen molar-refractivity contribution in [2.75, 3.05) is 12.3 Å². The van der Waals surface area contributed by atoms with E-state index < -0.39 is 33.2 Å². The minimum absolute atomic E-state index is 0.00306. The van der Waals surface area contributed by atoms with E-state index in [0.717, 1.165) is 12.3 Å². The Morgan fingerprint density at radius 3 is 2.61 bits per heavy atom. The highest BCUT2D eigenvalue weighted by Gasteiger charge is 2.20. The summed E-state index contributed by atoms with van der Waals surface area (Å²) in [5.74, 6) is -2.95. The van der Waals surface area contributed by atoms with Crippen LogP contribution in [-0.2, 0) is 20.4 Å². The van der Waals surface area contributed by atoms with Crippen LogP contribution >= 0.6 is 0 Å². The second kappa shape index (κ2) is 5.67. The lowest BCUT2D eigenvalue weighted by molar-refractivity contribution is -0.118. The molecule has 0 unspecified atom stereocenters. The van der Waals surface area contributed by atoms with Crippen molar-refractivity contribution in [1.82, 2.24) is 5.32 Å². The second-order valence-corrected chi connectivity index (χ2v) is 5.66. The van der Waals surface area contributed by atoms with Crippen LogP contribution in [-0.4, -0.2) is 37.7 Å². The third kappa shape index (κ3) is 4.21.